The van der Waals surface area contributed by atoms with Crippen molar-refractivity contribution >= 4 is 6.09 Å². The molecule has 0 unspecified atom stereocenters. The molecule has 2 rings (SSSR count). The Bertz CT molecular complexity index is 344. The van der Waals surface area contributed by atoms with Gasteiger partial charge in [-0.05, 0) is 24.3 Å². The Morgan fingerprint density at radius 3 is 2.65 bits per heavy atom. The van der Waals surface area contributed by atoms with Gasteiger partial charge in [0.2, 0.25) is 0 Å². The smallest absolute Gasteiger partial charge is 0.407 e. The van der Waals surface area contributed by atoms with Crippen LogP contribution in [0.1, 0.15) is 31.2 Å². The van der Waals surface area contributed by atoms with Crippen LogP contribution >= 0.6 is 0 Å². The van der Waals surface area contributed by atoms with Crippen LogP contribution in [0.3, 0.4) is 0 Å². The number of hydrogen-bond donors (Lipinski definition) is 1. The first-order chi connectivity index (χ1) is 8.34. The first kappa shape index (κ1) is 12.0. The van der Waals surface area contributed by atoms with Crippen LogP contribution in [0.25, 0.3) is 0 Å². The number of carbonyl (C=O) groups is 1. The summed E-state index contributed by atoms with van der Waals surface area (Å²) in [6.45, 7) is 1.10. The van der Waals surface area contributed by atoms with Crippen LogP contribution in [0.15, 0.2) is 30.3 Å². The van der Waals surface area contributed by atoms with E-state index in [4.69, 9.17) is 4.74 Å². The predicted molar refractivity (Wildman–Crippen MR) is 66.6 cm³/mol. The summed E-state index contributed by atoms with van der Waals surface area (Å²) in [6, 6.07) is 9.72. The molecule has 0 saturated heterocycles. The first-order valence-electron chi connectivity index (χ1n) is 6.29. The number of nitrogens with one attached hydrogen (secondary N) is 1. The van der Waals surface area contributed by atoms with Crippen molar-refractivity contribution in [1.29, 1.82) is 0 Å². The van der Waals surface area contributed by atoms with Crippen molar-refractivity contribution in [3.05, 3.63) is 35.9 Å². The van der Waals surface area contributed by atoms with E-state index in [1.807, 2.05) is 30.3 Å². The SMILES string of the molecule is O=C(NCC1CCCC1)OCc1ccccc1. The van der Waals surface area contributed by atoms with Gasteiger partial charge in [-0.1, -0.05) is 43.2 Å². The van der Waals surface area contributed by atoms with Crippen LogP contribution in [-0.4, -0.2) is 12.6 Å². The predicted octanol–water partition coefficient (Wildman–Crippen LogP) is 3.10. The second-order valence-electron chi connectivity index (χ2n) is 4.59. The van der Waals surface area contributed by atoms with Gasteiger partial charge in [0.25, 0.3) is 0 Å². The second kappa shape index (κ2) is 6.28. The molecular formula is C14H19NO2. The molecule has 0 spiro atoms. The zero-order chi connectivity index (χ0) is 11.9. The number of ether oxygens (including phenoxy) is 1. The molecule has 1 amide bonds. The van der Waals surface area contributed by atoms with Crippen LogP contribution in [0.4, 0.5) is 4.79 Å². The summed E-state index contributed by atoms with van der Waals surface area (Å²) in [6.07, 6.45) is 4.76. The van der Waals surface area contributed by atoms with E-state index in [9.17, 15) is 4.79 Å². The lowest BCUT2D eigenvalue weighted by Gasteiger charge is -2.10. The van der Waals surface area contributed by atoms with Crippen LogP contribution in [0.5, 0.6) is 0 Å². The number of amides is 1. The van der Waals surface area contributed by atoms with Crippen LogP contribution in [-0.2, 0) is 11.3 Å². The standard InChI is InChI=1S/C14H19NO2/c16-14(15-10-12-6-4-5-7-12)17-11-13-8-2-1-3-9-13/h1-3,8-9,12H,4-7,10-11H2,(H,15,16). The number of carbonyl (C=O) groups excluding carboxylic acids is 1. The van der Waals surface area contributed by atoms with Crippen molar-refractivity contribution < 1.29 is 9.53 Å². The second-order valence-corrected chi connectivity index (χ2v) is 4.59. The Labute approximate surface area is 102 Å². The van der Waals surface area contributed by atoms with Gasteiger partial charge in [0.05, 0.1) is 0 Å². The number of benzene rings is 1. The van der Waals surface area contributed by atoms with Crippen molar-refractivity contribution in [3.8, 4) is 0 Å². The maximum absolute atomic E-state index is 11.4. The van der Waals surface area contributed by atoms with E-state index in [1.54, 1.807) is 0 Å². The maximum atomic E-state index is 11.4. The largest absolute Gasteiger partial charge is 0.445 e. The summed E-state index contributed by atoms with van der Waals surface area (Å²) in [5.41, 5.74) is 1.02. The molecule has 1 aromatic rings. The third-order valence-corrected chi connectivity index (χ3v) is 3.22. The summed E-state index contributed by atoms with van der Waals surface area (Å²) in [5.74, 6) is 0.652. The zero-order valence-electron chi connectivity index (χ0n) is 10.0. The third-order valence-electron chi connectivity index (χ3n) is 3.22. The summed E-state index contributed by atoms with van der Waals surface area (Å²) in [4.78, 5) is 11.4. The monoisotopic (exact) mass is 233 g/mol. The van der Waals surface area contributed by atoms with Crippen LogP contribution in [0, 0.1) is 5.92 Å². The molecule has 92 valence electrons. The number of rotatable bonds is 4. The Balaban J connectivity index is 1.64. The summed E-state index contributed by atoms with van der Waals surface area (Å²) < 4.78 is 5.14. The first-order valence-corrected chi connectivity index (χ1v) is 6.29. The minimum absolute atomic E-state index is 0.305. The number of alkyl carbamates (subject to hydrolysis) is 1. The Hall–Kier alpha value is -1.51. The number of hydrogen-bond acceptors (Lipinski definition) is 2. The molecule has 0 heterocycles. The van der Waals surface area contributed by atoms with Gasteiger partial charge in [-0.25, -0.2) is 4.79 Å². The quantitative estimate of drug-likeness (QED) is 0.867. The molecule has 0 radical (unpaired) electrons. The van der Waals surface area contributed by atoms with Crippen molar-refractivity contribution in [2.24, 2.45) is 5.92 Å². The van der Waals surface area contributed by atoms with Gasteiger partial charge in [-0.3, -0.25) is 0 Å². The molecule has 1 aromatic carbocycles. The Kier molecular flexibility index (Phi) is 4.42. The van der Waals surface area contributed by atoms with E-state index in [0.717, 1.165) is 12.1 Å². The molecule has 0 aromatic heterocycles. The van der Waals surface area contributed by atoms with Gasteiger partial charge in [0.15, 0.2) is 0 Å². The molecule has 1 fully saturated rings. The molecule has 17 heavy (non-hydrogen) atoms. The molecule has 0 bridgehead atoms. The lowest BCUT2D eigenvalue weighted by atomic mass is 10.1. The minimum Gasteiger partial charge on any atom is -0.445 e. The lowest BCUT2D eigenvalue weighted by molar-refractivity contribution is 0.138. The van der Waals surface area contributed by atoms with E-state index in [1.165, 1.54) is 25.7 Å². The third kappa shape index (κ3) is 4.10. The van der Waals surface area contributed by atoms with E-state index < -0.39 is 0 Å². The average Bonchev–Trinajstić information content (AvgIpc) is 2.88. The highest BCUT2D eigenvalue weighted by molar-refractivity contribution is 5.67. The fourth-order valence-corrected chi connectivity index (χ4v) is 2.22. The van der Waals surface area contributed by atoms with Gasteiger partial charge in [0.1, 0.15) is 6.61 Å². The molecule has 0 atom stereocenters. The summed E-state index contributed by atoms with van der Waals surface area (Å²) >= 11 is 0. The van der Waals surface area contributed by atoms with Crippen molar-refractivity contribution in [2.75, 3.05) is 6.54 Å². The molecular weight excluding hydrogens is 214 g/mol. The lowest BCUT2D eigenvalue weighted by Crippen LogP contribution is -2.28. The van der Waals surface area contributed by atoms with Gasteiger partial charge >= 0.3 is 6.09 Å². The van der Waals surface area contributed by atoms with Crippen molar-refractivity contribution in [3.63, 3.8) is 0 Å². The van der Waals surface area contributed by atoms with Crippen LogP contribution in [0.2, 0.25) is 0 Å². The molecule has 1 aliphatic carbocycles. The van der Waals surface area contributed by atoms with Gasteiger partial charge in [-0.15, -0.1) is 0 Å². The molecule has 0 aliphatic heterocycles. The zero-order valence-corrected chi connectivity index (χ0v) is 10.0. The normalized spacial score (nSPS) is 15.8. The molecule has 3 heteroatoms. The molecule has 1 saturated carbocycles. The minimum atomic E-state index is -0.305. The van der Waals surface area contributed by atoms with E-state index in [2.05, 4.69) is 5.32 Å². The summed E-state index contributed by atoms with van der Waals surface area (Å²) in [7, 11) is 0. The van der Waals surface area contributed by atoms with E-state index in [0.29, 0.717) is 12.5 Å². The van der Waals surface area contributed by atoms with Crippen molar-refractivity contribution in [1.82, 2.24) is 5.32 Å². The van der Waals surface area contributed by atoms with Crippen LogP contribution < -0.4 is 5.32 Å². The highest BCUT2D eigenvalue weighted by Crippen LogP contribution is 2.23. The van der Waals surface area contributed by atoms with Gasteiger partial charge in [0, 0.05) is 6.54 Å². The van der Waals surface area contributed by atoms with E-state index >= 15 is 0 Å². The molecule has 1 aliphatic rings. The Morgan fingerprint density at radius 1 is 1.24 bits per heavy atom. The van der Waals surface area contributed by atoms with Crippen molar-refractivity contribution in [2.45, 2.75) is 32.3 Å². The Morgan fingerprint density at radius 2 is 1.94 bits per heavy atom. The topological polar surface area (TPSA) is 38.3 Å². The fourth-order valence-electron chi connectivity index (χ4n) is 2.22. The fraction of sp³-hybridized carbons (Fsp3) is 0.500. The van der Waals surface area contributed by atoms with Gasteiger partial charge in [-0.2, -0.15) is 0 Å². The average molecular weight is 233 g/mol. The van der Waals surface area contributed by atoms with Gasteiger partial charge < -0.3 is 10.1 Å². The van der Waals surface area contributed by atoms with E-state index in [-0.39, 0.29) is 6.09 Å². The highest BCUT2D eigenvalue weighted by atomic mass is 16.5. The maximum Gasteiger partial charge on any atom is 0.407 e. The summed E-state index contributed by atoms with van der Waals surface area (Å²) in [5, 5.41) is 2.83. The molecule has 3 nitrogen and oxygen atoms in total. The highest BCUT2D eigenvalue weighted by Gasteiger charge is 2.15. The molecule has 1 N–H and O–H groups in total.